The minimum atomic E-state index is -0.104. The van der Waals surface area contributed by atoms with E-state index < -0.39 is 0 Å². The Bertz CT molecular complexity index is 447. The van der Waals surface area contributed by atoms with Crippen molar-refractivity contribution in [2.45, 2.75) is 6.42 Å². The predicted octanol–water partition coefficient (Wildman–Crippen LogP) is 2.21. The number of nitrogens with zero attached hydrogens (tertiary/aromatic N) is 1. The number of hydrogen-bond donors (Lipinski definition) is 2. The Morgan fingerprint density at radius 1 is 1.42 bits per heavy atom. The van der Waals surface area contributed by atoms with Gasteiger partial charge in [0.15, 0.2) is 0 Å². The number of likely N-dealkylation sites (tertiary alicyclic amines) is 1. The van der Waals surface area contributed by atoms with E-state index in [1.807, 2.05) is 0 Å². The molecule has 3 N–H and O–H groups in total. The van der Waals surface area contributed by atoms with Gasteiger partial charge in [-0.1, -0.05) is 29.3 Å². The minimum Gasteiger partial charge on any atom is -0.330 e. The van der Waals surface area contributed by atoms with Gasteiger partial charge in [-0.25, -0.2) is 0 Å². The molecule has 1 aliphatic rings. The first-order valence-electron chi connectivity index (χ1n) is 6.26. The molecule has 0 aromatic heterocycles. The van der Waals surface area contributed by atoms with Crippen LogP contribution >= 0.6 is 23.2 Å². The lowest BCUT2D eigenvalue weighted by molar-refractivity contribution is -0.117. The van der Waals surface area contributed by atoms with Crippen molar-refractivity contribution in [1.82, 2.24) is 4.90 Å². The van der Waals surface area contributed by atoms with Gasteiger partial charge in [-0.3, -0.25) is 9.69 Å². The molecule has 1 aromatic carbocycles. The average molecular weight is 302 g/mol. The molecule has 1 amide bonds. The van der Waals surface area contributed by atoms with Gasteiger partial charge in [0.05, 0.1) is 22.3 Å². The van der Waals surface area contributed by atoms with Crippen LogP contribution in [0.2, 0.25) is 10.0 Å². The molecular formula is C13H17Cl2N3O. The maximum absolute atomic E-state index is 12.0. The van der Waals surface area contributed by atoms with Crippen LogP contribution in [0.25, 0.3) is 0 Å². The molecule has 1 atom stereocenters. The molecule has 0 spiro atoms. The molecule has 6 heteroatoms. The van der Waals surface area contributed by atoms with Crippen LogP contribution in [0.1, 0.15) is 6.42 Å². The molecular weight excluding hydrogens is 285 g/mol. The van der Waals surface area contributed by atoms with E-state index in [0.717, 1.165) is 19.5 Å². The summed E-state index contributed by atoms with van der Waals surface area (Å²) in [5.74, 6) is 0.393. The van der Waals surface area contributed by atoms with E-state index in [1.54, 1.807) is 18.2 Å². The van der Waals surface area contributed by atoms with Crippen LogP contribution < -0.4 is 11.1 Å². The second-order valence-corrected chi connectivity index (χ2v) is 5.58. The molecule has 0 saturated carbocycles. The Labute approximate surface area is 122 Å². The number of nitrogens with one attached hydrogen (secondary N) is 1. The van der Waals surface area contributed by atoms with Crippen molar-refractivity contribution in [1.29, 1.82) is 0 Å². The minimum absolute atomic E-state index is 0.104. The highest BCUT2D eigenvalue weighted by Crippen LogP contribution is 2.29. The van der Waals surface area contributed by atoms with Crippen molar-refractivity contribution in [2.75, 3.05) is 31.5 Å². The van der Waals surface area contributed by atoms with Gasteiger partial charge in [0.1, 0.15) is 0 Å². The lowest BCUT2D eigenvalue weighted by Gasteiger charge is -2.16. The lowest BCUT2D eigenvalue weighted by Crippen LogP contribution is -2.32. The van der Waals surface area contributed by atoms with Gasteiger partial charge in [0, 0.05) is 6.54 Å². The van der Waals surface area contributed by atoms with E-state index in [4.69, 9.17) is 28.9 Å². The zero-order valence-electron chi connectivity index (χ0n) is 10.5. The third-order valence-corrected chi connectivity index (χ3v) is 3.93. The van der Waals surface area contributed by atoms with Gasteiger partial charge < -0.3 is 11.1 Å². The Kier molecular flexibility index (Phi) is 5.05. The van der Waals surface area contributed by atoms with Gasteiger partial charge in [0.25, 0.3) is 0 Å². The smallest absolute Gasteiger partial charge is 0.238 e. The number of rotatable bonds is 4. The van der Waals surface area contributed by atoms with Crippen molar-refractivity contribution < 1.29 is 4.79 Å². The van der Waals surface area contributed by atoms with Crippen molar-refractivity contribution in [2.24, 2.45) is 11.7 Å². The second-order valence-electron chi connectivity index (χ2n) is 4.77. The number of nitrogens with two attached hydrogens (primary N) is 1. The Balaban J connectivity index is 1.91. The van der Waals surface area contributed by atoms with E-state index in [1.165, 1.54) is 0 Å². The van der Waals surface area contributed by atoms with Gasteiger partial charge in [-0.05, 0) is 37.6 Å². The third kappa shape index (κ3) is 3.83. The molecule has 1 fully saturated rings. The van der Waals surface area contributed by atoms with E-state index in [9.17, 15) is 4.79 Å². The van der Waals surface area contributed by atoms with E-state index >= 15 is 0 Å². The lowest BCUT2D eigenvalue weighted by atomic mass is 10.1. The van der Waals surface area contributed by atoms with Crippen LogP contribution in [-0.4, -0.2) is 37.0 Å². The van der Waals surface area contributed by atoms with Gasteiger partial charge >= 0.3 is 0 Å². The first-order valence-corrected chi connectivity index (χ1v) is 7.02. The maximum atomic E-state index is 12.0. The summed E-state index contributed by atoms with van der Waals surface area (Å²) in [6.07, 6.45) is 1.05. The summed E-state index contributed by atoms with van der Waals surface area (Å²) >= 11 is 12.0. The standard InChI is InChI=1S/C13H17Cl2N3O/c14-10-2-1-3-11(15)13(10)17-12(19)8-18-5-4-9(6-16)7-18/h1-3,9H,4-8,16H2,(H,17,19). The fourth-order valence-electron chi connectivity index (χ4n) is 2.25. The Morgan fingerprint density at radius 2 is 2.11 bits per heavy atom. The summed E-state index contributed by atoms with van der Waals surface area (Å²) in [4.78, 5) is 14.1. The maximum Gasteiger partial charge on any atom is 0.238 e. The Hall–Kier alpha value is -0.810. The monoisotopic (exact) mass is 301 g/mol. The van der Waals surface area contributed by atoms with Crippen LogP contribution in [0.5, 0.6) is 0 Å². The second kappa shape index (κ2) is 6.57. The predicted molar refractivity (Wildman–Crippen MR) is 78.7 cm³/mol. The van der Waals surface area contributed by atoms with E-state index in [-0.39, 0.29) is 5.91 Å². The van der Waals surface area contributed by atoms with Crippen LogP contribution in [0.3, 0.4) is 0 Å². The molecule has 0 bridgehead atoms. The van der Waals surface area contributed by atoms with Crippen molar-refractivity contribution in [3.05, 3.63) is 28.2 Å². The zero-order chi connectivity index (χ0) is 13.8. The largest absolute Gasteiger partial charge is 0.330 e. The first kappa shape index (κ1) is 14.6. The summed E-state index contributed by atoms with van der Waals surface area (Å²) < 4.78 is 0. The fraction of sp³-hybridized carbons (Fsp3) is 0.462. The zero-order valence-corrected chi connectivity index (χ0v) is 12.0. The number of carbonyl (C=O) groups is 1. The summed E-state index contributed by atoms with van der Waals surface area (Å²) in [6.45, 7) is 2.80. The molecule has 104 valence electrons. The van der Waals surface area contributed by atoms with Crippen LogP contribution in [-0.2, 0) is 4.79 Å². The molecule has 19 heavy (non-hydrogen) atoms. The third-order valence-electron chi connectivity index (χ3n) is 3.30. The number of halogens is 2. The quantitative estimate of drug-likeness (QED) is 0.896. The number of amides is 1. The molecule has 0 aliphatic carbocycles. The van der Waals surface area contributed by atoms with Crippen molar-refractivity contribution in [3.63, 3.8) is 0 Å². The summed E-state index contributed by atoms with van der Waals surface area (Å²) in [6, 6.07) is 5.14. The highest BCUT2D eigenvalue weighted by atomic mass is 35.5. The summed E-state index contributed by atoms with van der Waals surface area (Å²) in [5.41, 5.74) is 6.11. The van der Waals surface area contributed by atoms with Crippen LogP contribution in [0, 0.1) is 5.92 Å². The normalized spacial score (nSPS) is 19.6. The molecule has 1 unspecified atom stereocenters. The fourth-order valence-corrected chi connectivity index (χ4v) is 2.74. The highest BCUT2D eigenvalue weighted by Gasteiger charge is 2.23. The molecule has 4 nitrogen and oxygen atoms in total. The number of para-hydroxylation sites is 1. The summed E-state index contributed by atoms with van der Waals surface area (Å²) in [5, 5.41) is 3.66. The van der Waals surface area contributed by atoms with Crippen molar-refractivity contribution in [3.8, 4) is 0 Å². The SMILES string of the molecule is NCC1CCN(CC(=O)Nc2c(Cl)cccc2Cl)C1. The number of hydrogen-bond acceptors (Lipinski definition) is 3. The van der Waals surface area contributed by atoms with Crippen LogP contribution in [0.4, 0.5) is 5.69 Å². The average Bonchev–Trinajstić information content (AvgIpc) is 2.81. The molecule has 1 aromatic rings. The molecule has 1 saturated heterocycles. The molecule has 1 heterocycles. The molecule has 1 aliphatic heterocycles. The van der Waals surface area contributed by atoms with Gasteiger partial charge in [0.2, 0.25) is 5.91 Å². The van der Waals surface area contributed by atoms with E-state index in [0.29, 0.717) is 34.7 Å². The molecule has 2 rings (SSSR count). The van der Waals surface area contributed by atoms with E-state index in [2.05, 4.69) is 10.2 Å². The van der Waals surface area contributed by atoms with Crippen molar-refractivity contribution >= 4 is 34.8 Å². The molecule has 0 radical (unpaired) electrons. The van der Waals surface area contributed by atoms with Gasteiger partial charge in [-0.2, -0.15) is 0 Å². The summed E-state index contributed by atoms with van der Waals surface area (Å²) in [7, 11) is 0. The number of carbonyl (C=O) groups excluding carboxylic acids is 1. The highest BCUT2D eigenvalue weighted by molar-refractivity contribution is 6.39. The van der Waals surface area contributed by atoms with Crippen LogP contribution in [0.15, 0.2) is 18.2 Å². The topological polar surface area (TPSA) is 58.4 Å². The Morgan fingerprint density at radius 3 is 2.68 bits per heavy atom. The first-order chi connectivity index (χ1) is 9.10. The number of benzene rings is 1. The number of anilines is 1. The van der Waals surface area contributed by atoms with Gasteiger partial charge in [-0.15, -0.1) is 0 Å².